The van der Waals surface area contributed by atoms with Crippen molar-refractivity contribution in [1.82, 2.24) is 5.32 Å². The van der Waals surface area contributed by atoms with Gasteiger partial charge < -0.3 is 14.8 Å². The summed E-state index contributed by atoms with van der Waals surface area (Å²) in [4.78, 5) is 33.5. The number of amides is 1. The van der Waals surface area contributed by atoms with Crippen molar-refractivity contribution < 1.29 is 24.0 Å². The summed E-state index contributed by atoms with van der Waals surface area (Å²) in [5, 5.41) is 13.4. The van der Waals surface area contributed by atoms with Crippen LogP contribution in [0, 0.1) is 16.0 Å². The van der Waals surface area contributed by atoms with Gasteiger partial charge in [-0.15, -0.1) is 0 Å². The third-order valence-electron chi connectivity index (χ3n) is 4.23. The number of nitro groups is 1. The van der Waals surface area contributed by atoms with Gasteiger partial charge >= 0.3 is 5.97 Å². The summed E-state index contributed by atoms with van der Waals surface area (Å²) in [5.74, 6) is -0.255. The van der Waals surface area contributed by atoms with E-state index in [0.29, 0.717) is 11.7 Å². The van der Waals surface area contributed by atoms with E-state index in [4.69, 9.17) is 9.47 Å². The molecule has 0 spiro atoms. The number of esters is 1. The van der Waals surface area contributed by atoms with Crippen molar-refractivity contribution in [2.24, 2.45) is 5.92 Å². The molecule has 2 unspecified atom stereocenters. The van der Waals surface area contributed by atoms with Gasteiger partial charge in [0, 0.05) is 18.2 Å². The standard InChI is InChI=1S/C17H22N2O6/c1-12-4-2-3-5-15(12)18-16(20)10-25-17(21)11-24-14-8-6-13(7-9-14)19(22)23/h6-9,12,15H,2-5,10-11H2,1H3,(H,18,20). The Kier molecular flexibility index (Phi) is 6.73. The molecule has 0 heterocycles. The van der Waals surface area contributed by atoms with Crippen molar-refractivity contribution >= 4 is 17.6 Å². The number of rotatable bonds is 7. The van der Waals surface area contributed by atoms with Crippen LogP contribution in [0.2, 0.25) is 0 Å². The average Bonchev–Trinajstić information content (AvgIpc) is 2.60. The number of nitrogens with zero attached hydrogens (tertiary/aromatic N) is 1. The Balaban J connectivity index is 1.67. The van der Waals surface area contributed by atoms with Crippen LogP contribution in [0.1, 0.15) is 32.6 Å². The Hall–Kier alpha value is -2.64. The maximum atomic E-state index is 11.8. The Morgan fingerprint density at radius 3 is 2.52 bits per heavy atom. The number of hydrogen-bond acceptors (Lipinski definition) is 6. The van der Waals surface area contributed by atoms with E-state index in [2.05, 4.69) is 12.2 Å². The fourth-order valence-electron chi connectivity index (χ4n) is 2.77. The number of benzene rings is 1. The van der Waals surface area contributed by atoms with Gasteiger partial charge in [0.2, 0.25) is 0 Å². The summed E-state index contributed by atoms with van der Waals surface area (Å²) < 4.78 is 10.1. The number of nitrogens with one attached hydrogen (secondary N) is 1. The molecule has 2 atom stereocenters. The smallest absolute Gasteiger partial charge is 0.344 e. The molecule has 25 heavy (non-hydrogen) atoms. The third-order valence-corrected chi connectivity index (χ3v) is 4.23. The molecule has 0 saturated heterocycles. The number of non-ortho nitro benzene ring substituents is 1. The first kappa shape index (κ1) is 18.7. The molecule has 0 bridgehead atoms. The summed E-state index contributed by atoms with van der Waals surface area (Å²) >= 11 is 0. The van der Waals surface area contributed by atoms with Crippen LogP contribution in [-0.2, 0) is 14.3 Å². The minimum Gasteiger partial charge on any atom is -0.482 e. The van der Waals surface area contributed by atoms with E-state index < -0.39 is 10.9 Å². The Morgan fingerprint density at radius 1 is 1.20 bits per heavy atom. The van der Waals surface area contributed by atoms with E-state index in [0.717, 1.165) is 19.3 Å². The highest BCUT2D eigenvalue weighted by Gasteiger charge is 2.23. The quantitative estimate of drug-likeness (QED) is 0.459. The van der Waals surface area contributed by atoms with Crippen LogP contribution in [0.25, 0.3) is 0 Å². The Bertz CT molecular complexity index is 616. The summed E-state index contributed by atoms with van der Waals surface area (Å²) in [6.45, 7) is 1.39. The lowest BCUT2D eigenvalue weighted by atomic mass is 9.86. The van der Waals surface area contributed by atoms with Gasteiger partial charge in [0.25, 0.3) is 11.6 Å². The van der Waals surface area contributed by atoms with Crippen LogP contribution in [0.5, 0.6) is 5.75 Å². The van der Waals surface area contributed by atoms with Crippen molar-refractivity contribution in [2.45, 2.75) is 38.6 Å². The van der Waals surface area contributed by atoms with Crippen molar-refractivity contribution in [3.8, 4) is 5.75 Å². The summed E-state index contributed by atoms with van der Waals surface area (Å²) in [6, 6.07) is 5.47. The monoisotopic (exact) mass is 350 g/mol. The van der Waals surface area contributed by atoms with Crippen molar-refractivity contribution in [3.63, 3.8) is 0 Å². The van der Waals surface area contributed by atoms with Crippen LogP contribution in [0.4, 0.5) is 5.69 Å². The molecule has 8 nitrogen and oxygen atoms in total. The molecule has 8 heteroatoms. The molecule has 1 amide bonds. The molecule has 1 aromatic carbocycles. The largest absolute Gasteiger partial charge is 0.482 e. The van der Waals surface area contributed by atoms with E-state index in [9.17, 15) is 19.7 Å². The third kappa shape index (κ3) is 6.06. The first-order chi connectivity index (χ1) is 12.0. The van der Waals surface area contributed by atoms with Gasteiger partial charge in [0.15, 0.2) is 13.2 Å². The highest BCUT2D eigenvalue weighted by molar-refractivity contribution is 5.81. The molecule has 1 fully saturated rings. The predicted octanol–water partition coefficient (Wildman–Crippen LogP) is 2.21. The van der Waals surface area contributed by atoms with Crippen LogP contribution in [0.3, 0.4) is 0 Å². The topological polar surface area (TPSA) is 108 Å². The first-order valence-corrected chi connectivity index (χ1v) is 8.28. The maximum Gasteiger partial charge on any atom is 0.344 e. The molecule has 1 saturated carbocycles. The lowest BCUT2D eigenvalue weighted by molar-refractivity contribution is -0.384. The highest BCUT2D eigenvalue weighted by atomic mass is 16.6. The van der Waals surface area contributed by atoms with Gasteiger partial charge in [-0.1, -0.05) is 19.8 Å². The fraction of sp³-hybridized carbons (Fsp3) is 0.529. The molecular weight excluding hydrogens is 328 g/mol. The number of hydrogen-bond donors (Lipinski definition) is 1. The van der Waals surface area contributed by atoms with Crippen LogP contribution < -0.4 is 10.1 Å². The summed E-state index contributed by atoms with van der Waals surface area (Å²) in [5.41, 5.74) is -0.0662. The fourth-order valence-corrected chi connectivity index (χ4v) is 2.77. The maximum absolute atomic E-state index is 11.8. The number of nitro benzene ring substituents is 1. The summed E-state index contributed by atoms with van der Waals surface area (Å²) in [7, 11) is 0. The van der Waals surface area contributed by atoms with E-state index in [1.807, 2.05) is 0 Å². The molecule has 1 aliphatic rings. The molecule has 1 aromatic rings. The van der Waals surface area contributed by atoms with Gasteiger partial charge in [0.05, 0.1) is 4.92 Å². The van der Waals surface area contributed by atoms with E-state index in [1.54, 1.807) is 0 Å². The van der Waals surface area contributed by atoms with Crippen LogP contribution in [0.15, 0.2) is 24.3 Å². The van der Waals surface area contributed by atoms with Gasteiger partial charge in [-0.25, -0.2) is 4.79 Å². The van der Waals surface area contributed by atoms with Crippen LogP contribution >= 0.6 is 0 Å². The van der Waals surface area contributed by atoms with E-state index in [-0.39, 0.29) is 30.9 Å². The highest BCUT2D eigenvalue weighted by Crippen LogP contribution is 2.23. The average molecular weight is 350 g/mol. The van der Waals surface area contributed by atoms with Crippen molar-refractivity contribution in [3.05, 3.63) is 34.4 Å². The molecule has 0 aromatic heterocycles. The van der Waals surface area contributed by atoms with E-state index in [1.165, 1.54) is 30.7 Å². The Labute approximate surface area is 145 Å². The molecule has 1 aliphatic carbocycles. The zero-order valence-corrected chi connectivity index (χ0v) is 14.1. The second-order valence-electron chi connectivity index (χ2n) is 6.14. The van der Waals surface area contributed by atoms with Gasteiger partial charge in [-0.05, 0) is 30.9 Å². The predicted molar refractivity (Wildman–Crippen MR) is 89.1 cm³/mol. The normalized spacial score (nSPS) is 19.7. The SMILES string of the molecule is CC1CCCCC1NC(=O)COC(=O)COc1ccc([N+](=O)[O-])cc1. The first-order valence-electron chi connectivity index (χ1n) is 8.28. The second-order valence-corrected chi connectivity index (χ2v) is 6.14. The zero-order valence-electron chi connectivity index (χ0n) is 14.1. The molecule has 0 radical (unpaired) electrons. The zero-order chi connectivity index (χ0) is 18.2. The van der Waals surface area contributed by atoms with Gasteiger partial charge in [0.1, 0.15) is 5.75 Å². The minimum absolute atomic E-state index is 0.0662. The molecule has 1 N–H and O–H groups in total. The lowest BCUT2D eigenvalue weighted by Gasteiger charge is -2.29. The van der Waals surface area contributed by atoms with E-state index >= 15 is 0 Å². The molecular formula is C17H22N2O6. The number of ether oxygens (including phenoxy) is 2. The molecule has 0 aliphatic heterocycles. The minimum atomic E-state index is -0.676. The molecule has 136 valence electrons. The van der Waals surface area contributed by atoms with Crippen molar-refractivity contribution in [1.29, 1.82) is 0 Å². The van der Waals surface area contributed by atoms with Gasteiger partial charge in [-0.2, -0.15) is 0 Å². The van der Waals surface area contributed by atoms with Crippen molar-refractivity contribution in [2.75, 3.05) is 13.2 Å². The Morgan fingerprint density at radius 2 is 1.88 bits per heavy atom. The second kappa shape index (κ2) is 9.00. The number of carbonyl (C=O) groups excluding carboxylic acids is 2. The van der Waals surface area contributed by atoms with Crippen LogP contribution in [-0.4, -0.2) is 36.1 Å². The lowest BCUT2D eigenvalue weighted by Crippen LogP contribution is -2.43. The van der Waals surface area contributed by atoms with Gasteiger partial charge in [-0.3, -0.25) is 14.9 Å². The number of carbonyl (C=O) groups is 2. The molecule has 2 rings (SSSR count). The summed E-state index contributed by atoms with van der Waals surface area (Å²) in [6.07, 6.45) is 4.32.